The van der Waals surface area contributed by atoms with Gasteiger partial charge in [-0.3, -0.25) is 4.72 Å². The maximum atomic E-state index is 12.2. The van der Waals surface area contributed by atoms with Crippen LogP contribution in [0.15, 0.2) is 34.5 Å². The SMILES string of the molecule is O=C(O)c1sccc1NS(=O)(=O)c1cccc(Cl)c1Cl. The summed E-state index contributed by atoms with van der Waals surface area (Å²) in [5, 5.41) is 10.4. The molecular formula is C11H7Cl2NO4S2. The minimum Gasteiger partial charge on any atom is -0.477 e. The second kappa shape index (κ2) is 5.61. The highest BCUT2D eigenvalue weighted by molar-refractivity contribution is 7.92. The monoisotopic (exact) mass is 351 g/mol. The zero-order valence-corrected chi connectivity index (χ0v) is 12.8. The van der Waals surface area contributed by atoms with Crippen molar-refractivity contribution < 1.29 is 18.3 Å². The first kappa shape index (κ1) is 15.1. The predicted molar refractivity (Wildman–Crippen MR) is 78.5 cm³/mol. The van der Waals surface area contributed by atoms with E-state index in [0.717, 1.165) is 11.3 Å². The van der Waals surface area contributed by atoms with Crippen LogP contribution in [0.1, 0.15) is 9.67 Å². The summed E-state index contributed by atoms with van der Waals surface area (Å²) in [4.78, 5) is 10.6. The fraction of sp³-hybridized carbons (Fsp3) is 0. The third-order valence-corrected chi connectivity index (χ3v) is 5.55. The zero-order valence-electron chi connectivity index (χ0n) is 9.63. The van der Waals surface area contributed by atoms with E-state index in [9.17, 15) is 13.2 Å². The van der Waals surface area contributed by atoms with Crippen molar-refractivity contribution in [2.75, 3.05) is 4.72 Å². The van der Waals surface area contributed by atoms with Gasteiger partial charge in [-0.2, -0.15) is 0 Å². The van der Waals surface area contributed by atoms with Crippen LogP contribution in [0.3, 0.4) is 0 Å². The third-order valence-electron chi connectivity index (χ3n) is 2.31. The fourth-order valence-corrected chi connectivity index (χ4v) is 4.03. The van der Waals surface area contributed by atoms with Crippen LogP contribution in [0, 0.1) is 0 Å². The van der Waals surface area contributed by atoms with Gasteiger partial charge in [-0.15, -0.1) is 11.3 Å². The molecule has 2 aromatic rings. The van der Waals surface area contributed by atoms with Crippen LogP contribution in [0.4, 0.5) is 5.69 Å². The van der Waals surface area contributed by atoms with Crippen molar-refractivity contribution in [3.8, 4) is 0 Å². The van der Waals surface area contributed by atoms with Gasteiger partial charge in [-0.05, 0) is 23.6 Å². The van der Waals surface area contributed by atoms with Crippen molar-refractivity contribution in [3.05, 3.63) is 44.6 Å². The van der Waals surface area contributed by atoms with Crippen molar-refractivity contribution in [1.82, 2.24) is 0 Å². The quantitative estimate of drug-likeness (QED) is 0.881. The molecule has 0 aliphatic rings. The van der Waals surface area contributed by atoms with E-state index in [2.05, 4.69) is 4.72 Å². The average Bonchev–Trinajstić information content (AvgIpc) is 2.79. The number of carboxylic acids is 1. The van der Waals surface area contributed by atoms with Gasteiger partial charge in [-0.25, -0.2) is 13.2 Å². The van der Waals surface area contributed by atoms with Gasteiger partial charge in [0.1, 0.15) is 9.77 Å². The minimum absolute atomic E-state index is 0.0152. The first-order valence-corrected chi connectivity index (χ1v) is 8.22. The summed E-state index contributed by atoms with van der Waals surface area (Å²) in [6.45, 7) is 0. The Morgan fingerprint density at radius 1 is 1.25 bits per heavy atom. The van der Waals surface area contributed by atoms with E-state index in [-0.39, 0.29) is 25.5 Å². The summed E-state index contributed by atoms with van der Waals surface area (Å²) >= 11 is 12.5. The number of nitrogens with one attached hydrogen (secondary N) is 1. The van der Waals surface area contributed by atoms with Gasteiger partial charge < -0.3 is 5.11 Å². The number of anilines is 1. The lowest BCUT2D eigenvalue weighted by molar-refractivity contribution is 0.0703. The molecule has 0 aliphatic heterocycles. The van der Waals surface area contributed by atoms with Gasteiger partial charge in [-0.1, -0.05) is 29.3 Å². The minimum atomic E-state index is -4.02. The molecule has 1 aromatic carbocycles. The second-order valence-electron chi connectivity index (χ2n) is 3.63. The first-order chi connectivity index (χ1) is 9.33. The van der Waals surface area contributed by atoms with Gasteiger partial charge in [0, 0.05) is 0 Å². The van der Waals surface area contributed by atoms with Gasteiger partial charge in [0.25, 0.3) is 10.0 Å². The second-order valence-corrected chi connectivity index (χ2v) is 6.98. The van der Waals surface area contributed by atoms with Crippen LogP contribution in [-0.2, 0) is 10.0 Å². The van der Waals surface area contributed by atoms with Crippen molar-refractivity contribution in [2.45, 2.75) is 4.90 Å². The molecule has 0 amide bonds. The molecule has 5 nitrogen and oxygen atoms in total. The van der Waals surface area contributed by atoms with Gasteiger partial charge in [0.05, 0.1) is 15.7 Å². The highest BCUT2D eigenvalue weighted by atomic mass is 35.5. The number of thiophene rings is 1. The van der Waals surface area contributed by atoms with Gasteiger partial charge in [0.15, 0.2) is 0 Å². The summed E-state index contributed by atoms with van der Waals surface area (Å²) in [7, 11) is -4.02. The van der Waals surface area contributed by atoms with Crippen LogP contribution in [-0.4, -0.2) is 19.5 Å². The molecule has 20 heavy (non-hydrogen) atoms. The summed E-state index contributed by atoms with van der Waals surface area (Å²) < 4.78 is 26.6. The lowest BCUT2D eigenvalue weighted by Gasteiger charge is -2.09. The molecule has 0 aliphatic carbocycles. The molecule has 1 aromatic heterocycles. The number of rotatable bonds is 4. The maximum Gasteiger partial charge on any atom is 0.348 e. The molecule has 2 rings (SSSR count). The largest absolute Gasteiger partial charge is 0.477 e. The average molecular weight is 352 g/mol. The van der Waals surface area contributed by atoms with E-state index < -0.39 is 16.0 Å². The van der Waals surface area contributed by atoms with Crippen molar-refractivity contribution in [2.24, 2.45) is 0 Å². The Morgan fingerprint density at radius 3 is 2.60 bits per heavy atom. The smallest absolute Gasteiger partial charge is 0.348 e. The number of sulfonamides is 1. The highest BCUT2D eigenvalue weighted by Crippen LogP contribution is 2.31. The van der Waals surface area contributed by atoms with Crippen LogP contribution in [0.5, 0.6) is 0 Å². The molecule has 0 spiro atoms. The molecule has 0 fully saturated rings. The van der Waals surface area contributed by atoms with Crippen LogP contribution in [0.2, 0.25) is 10.0 Å². The Labute approximate surface area is 128 Å². The number of benzene rings is 1. The van der Waals surface area contributed by atoms with Crippen LogP contribution >= 0.6 is 34.5 Å². The summed E-state index contributed by atoms with van der Waals surface area (Å²) in [5.41, 5.74) is -0.0152. The Morgan fingerprint density at radius 2 is 1.95 bits per heavy atom. The van der Waals surface area contributed by atoms with Crippen molar-refractivity contribution in [1.29, 1.82) is 0 Å². The molecule has 0 atom stereocenters. The molecule has 0 bridgehead atoms. The molecule has 0 saturated heterocycles. The van der Waals surface area contributed by atoms with Crippen molar-refractivity contribution >= 4 is 56.2 Å². The van der Waals surface area contributed by atoms with Gasteiger partial charge in [0.2, 0.25) is 0 Å². The third kappa shape index (κ3) is 2.90. The summed E-state index contributed by atoms with van der Waals surface area (Å²) in [6.07, 6.45) is 0. The number of hydrogen-bond acceptors (Lipinski definition) is 4. The molecule has 9 heteroatoms. The Hall–Kier alpha value is -1.28. The predicted octanol–water partition coefficient (Wildman–Crippen LogP) is 3.55. The number of carbonyl (C=O) groups is 1. The summed E-state index contributed by atoms with van der Waals surface area (Å²) in [6, 6.07) is 5.54. The van der Waals surface area contributed by atoms with E-state index in [1.807, 2.05) is 0 Å². The Bertz CT molecular complexity index is 770. The normalized spacial score (nSPS) is 11.3. The molecule has 2 N–H and O–H groups in total. The number of hydrogen-bond donors (Lipinski definition) is 2. The lowest BCUT2D eigenvalue weighted by atomic mass is 10.4. The van der Waals surface area contributed by atoms with Crippen LogP contribution in [0.25, 0.3) is 0 Å². The Kier molecular flexibility index (Phi) is 4.24. The van der Waals surface area contributed by atoms with Crippen molar-refractivity contribution in [3.63, 3.8) is 0 Å². The standard InChI is InChI=1S/C11H7Cl2NO4S2/c12-6-2-1-3-8(9(6)13)20(17,18)14-7-4-5-19-10(7)11(15)16/h1-5,14H,(H,15,16). The lowest BCUT2D eigenvalue weighted by Crippen LogP contribution is -2.14. The van der Waals surface area contributed by atoms with E-state index in [0.29, 0.717) is 0 Å². The van der Waals surface area contributed by atoms with E-state index >= 15 is 0 Å². The fourth-order valence-electron chi connectivity index (χ4n) is 1.45. The Balaban J connectivity index is 2.44. The molecular weight excluding hydrogens is 345 g/mol. The highest BCUT2D eigenvalue weighted by Gasteiger charge is 2.22. The summed E-state index contributed by atoms with van der Waals surface area (Å²) in [5.74, 6) is -1.21. The number of carboxylic acid groups (broad SMARTS) is 1. The van der Waals surface area contributed by atoms with E-state index in [4.69, 9.17) is 28.3 Å². The molecule has 0 radical (unpaired) electrons. The maximum absolute atomic E-state index is 12.2. The zero-order chi connectivity index (χ0) is 14.9. The topological polar surface area (TPSA) is 83.5 Å². The number of aromatic carboxylic acids is 1. The first-order valence-electron chi connectivity index (χ1n) is 5.10. The molecule has 0 unspecified atom stereocenters. The van der Waals surface area contributed by atoms with Gasteiger partial charge >= 0.3 is 5.97 Å². The molecule has 0 saturated carbocycles. The van der Waals surface area contributed by atoms with E-state index in [1.165, 1.54) is 29.6 Å². The molecule has 106 valence electrons. The molecule has 1 heterocycles. The van der Waals surface area contributed by atoms with E-state index in [1.54, 1.807) is 0 Å². The van der Waals surface area contributed by atoms with Crippen LogP contribution < -0.4 is 4.72 Å². The number of halogens is 2.